The van der Waals surface area contributed by atoms with E-state index < -0.39 is 0 Å². The van der Waals surface area contributed by atoms with Crippen LogP contribution in [-0.2, 0) is 11.3 Å². The monoisotopic (exact) mass is 384 g/mol. The Morgan fingerprint density at radius 3 is 2.44 bits per heavy atom. The molecule has 1 heterocycles. The van der Waals surface area contributed by atoms with Crippen LogP contribution in [0.2, 0.25) is 0 Å². The molecule has 0 aliphatic rings. The zero-order valence-electron chi connectivity index (χ0n) is 15.3. The molecule has 0 bridgehead atoms. The van der Waals surface area contributed by atoms with Crippen LogP contribution in [0.3, 0.4) is 0 Å². The summed E-state index contributed by atoms with van der Waals surface area (Å²) in [5.74, 6) is 1.08. The van der Waals surface area contributed by atoms with Crippen LogP contribution in [0.25, 0.3) is 11.3 Å². The highest BCUT2D eigenvalue weighted by Crippen LogP contribution is 2.33. The van der Waals surface area contributed by atoms with Gasteiger partial charge in [0.1, 0.15) is 0 Å². The number of anilines is 1. The normalized spacial score (nSPS) is 10.5. The minimum Gasteiger partial charge on any atom is -0.493 e. The Balaban J connectivity index is 1.73. The zero-order valence-corrected chi connectivity index (χ0v) is 16.1. The molecule has 0 saturated heterocycles. The predicted molar refractivity (Wildman–Crippen MR) is 106 cm³/mol. The minimum absolute atomic E-state index is 0.202. The highest BCUT2D eigenvalue weighted by molar-refractivity contribution is 7.14. The number of carbonyl (C=O) groups is 1. The topological polar surface area (TPSA) is 69.7 Å². The van der Waals surface area contributed by atoms with Gasteiger partial charge in [-0.25, -0.2) is 4.98 Å². The Hall–Kier alpha value is -2.90. The van der Waals surface area contributed by atoms with Crippen molar-refractivity contribution in [1.82, 2.24) is 4.98 Å². The molecule has 0 fully saturated rings. The van der Waals surface area contributed by atoms with Gasteiger partial charge in [0.15, 0.2) is 16.6 Å². The number of carbonyl (C=O) groups excluding carboxylic acids is 1. The molecule has 0 atom stereocenters. The fourth-order valence-electron chi connectivity index (χ4n) is 2.55. The summed E-state index contributed by atoms with van der Waals surface area (Å²) in [5.41, 5.74) is 3.22. The zero-order chi connectivity index (χ0) is 19.2. The van der Waals surface area contributed by atoms with Crippen molar-refractivity contribution in [3.63, 3.8) is 0 Å². The predicted octanol–water partition coefficient (Wildman–Crippen LogP) is 4.23. The van der Waals surface area contributed by atoms with Crippen LogP contribution in [0.1, 0.15) is 15.9 Å². The Morgan fingerprint density at radius 1 is 1.04 bits per heavy atom. The molecule has 1 aromatic heterocycles. The lowest BCUT2D eigenvalue weighted by Crippen LogP contribution is -2.11. The summed E-state index contributed by atoms with van der Waals surface area (Å²) in [6.45, 7) is 0.517. The molecule has 1 N–H and O–H groups in total. The first kappa shape index (κ1) is 18.9. The Bertz CT molecular complexity index is 922. The van der Waals surface area contributed by atoms with Crippen molar-refractivity contribution in [1.29, 1.82) is 0 Å². The maximum Gasteiger partial charge on any atom is 0.257 e. The van der Waals surface area contributed by atoms with E-state index in [0.29, 0.717) is 28.8 Å². The average molecular weight is 384 g/mol. The first-order valence-corrected chi connectivity index (χ1v) is 9.09. The van der Waals surface area contributed by atoms with Gasteiger partial charge in [0.25, 0.3) is 5.91 Å². The summed E-state index contributed by atoms with van der Waals surface area (Å²) >= 11 is 1.37. The van der Waals surface area contributed by atoms with Crippen molar-refractivity contribution >= 4 is 22.4 Å². The number of nitrogens with zero attached hydrogens (tertiary/aromatic N) is 1. The summed E-state index contributed by atoms with van der Waals surface area (Å²) in [6, 6.07) is 12.9. The van der Waals surface area contributed by atoms with Gasteiger partial charge in [-0.3, -0.25) is 10.1 Å². The van der Waals surface area contributed by atoms with Crippen molar-refractivity contribution in [3.05, 3.63) is 59.0 Å². The highest BCUT2D eigenvalue weighted by Gasteiger charge is 2.12. The highest BCUT2D eigenvalue weighted by atomic mass is 32.1. The third kappa shape index (κ3) is 4.45. The second-order valence-electron chi connectivity index (χ2n) is 5.69. The summed E-state index contributed by atoms with van der Waals surface area (Å²) in [7, 11) is 4.82. The largest absolute Gasteiger partial charge is 0.493 e. The quantitative estimate of drug-likeness (QED) is 0.660. The van der Waals surface area contributed by atoms with Crippen molar-refractivity contribution in [2.24, 2.45) is 0 Å². The standard InChI is InChI=1S/C20H20N2O4S/c1-24-11-13-4-6-14(7-5-13)19(23)22-20-21-16(12-27-20)15-8-9-17(25-2)18(10-15)26-3/h4-10,12H,11H2,1-3H3,(H,21,22,23). The van der Waals surface area contributed by atoms with E-state index in [4.69, 9.17) is 14.2 Å². The molecule has 2 aromatic carbocycles. The number of hydrogen-bond donors (Lipinski definition) is 1. The molecule has 0 unspecified atom stereocenters. The number of rotatable bonds is 7. The van der Waals surface area contributed by atoms with Crippen LogP contribution in [0, 0.1) is 0 Å². The Kier molecular flexibility index (Phi) is 6.05. The van der Waals surface area contributed by atoms with Crippen molar-refractivity contribution in [3.8, 4) is 22.8 Å². The lowest BCUT2D eigenvalue weighted by atomic mass is 10.1. The van der Waals surface area contributed by atoms with Crippen LogP contribution < -0.4 is 14.8 Å². The third-order valence-corrected chi connectivity index (χ3v) is 4.69. The van der Waals surface area contributed by atoms with Gasteiger partial charge in [-0.05, 0) is 35.9 Å². The summed E-state index contributed by atoms with van der Waals surface area (Å²) < 4.78 is 15.7. The number of methoxy groups -OCH3 is 3. The van der Waals surface area contributed by atoms with Gasteiger partial charge in [-0.1, -0.05) is 12.1 Å². The van der Waals surface area contributed by atoms with Gasteiger partial charge < -0.3 is 14.2 Å². The molecule has 0 saturated carbocycles. The van der Waals surface area contributed by atoms with Crippen molar-refractivity contribution in [2.45, 2.75) is 6.61 Å². The lowest BCUT2D eigenvalue weighted by molar-refractivity contribution is 0.102. The van der Waals surface area contributed by atoms with E-state index in [0.717, 1.165) is 16.8 Å². The smallest absolute Gasteiger partial charge is 0.257 e. The maximum absolute atomic E-state index is 12.4. The fraction of sp³-hybridized carbons (Fsp3) is 0.200. The molecule has 3 aromatic rings. The van der Waals surface area contributed by atoms with Crippen LogP contribution in [0.15, 0.2) is 47.8 Å². The van der Waals surface area contributed by atoms with Crippen LogP contribution in [0.4, 0.5) is 5.13 Å². The summed E-state index contributed by atoms with van der Waals surface area (Å²) in [6.07, 6.45) is 0. The first-order valence-electron chi connectivity index (χ1n) is 8.21. The molecule has 27 heavy (non-hydrogen) atoms. The molecule has 0 aliphatic heterocycles. The van der Waals surface area contributed by atoms with Gasteiger partial charge >= 0.3 is 0 Å². The molecule has 0 spiro atoms. The molecule has 0 aliphatic carbocycles. The van der Waals surface area contributed by atoms with Crippen LogP contribution in [0.5, 0.6) is 11.5 Å². The Morgan fingerprint density at radius 2 is 1.78 bits per heavy atom. The molecular formula is C20H20N2O4S. The molecule has 0 radical (unpaired) electrons. The number of hydrogen-bond acceptors (Lipinski definition) is 6. The van der Waals surface area contributed by atoms with E-state index in [1.165, 1.54) is 11.3 Å². The minimum atomic E-state index is -0.202. The van der Waals surface area contributed by atoms with Crippen LogP contribution in [-0.4, -0.2) is 32.2 Å². The van der Waals surface area contributed by atoms with E-state index in [9.17, 15) is 4.79 Å². The molecular weight excluding hydrogens is 364 g/mol. The van der Waals surface area contributed by atoms with Gasteiger partial charge in [-0.15, -0.1) is 11.3 Å². The summed E-state index contributed by atoms with van der Waals surface area (Å²) in [5, 5.41) is 5.25. The third-order valence-electron chi connectivity index (χ3n) is 3.93. The van der Waals surface area contributed by atoms with E-state index in [1.807, 2.05) is 35.7 Å². The fourth-order valence-corrected chi connectivity index (χ4v) is 3.26. The van der Waals surface area contributed by atoms with Crippen LogP contribution >= 0.6 is 11.3 Å². The van der Waals surface area contributed by atoms with Crippen molar-refractivity contribution in [2.75, 3.05) is 26.6 Å². The number of amides is 1. The number of aromatic nitrogens is 1. The van der Waals surface area contributed by atoms with E-state index in [1.54, 1.807) is 33.5 Å². The molecule has 3 rings (SSSR count). The first-order chi connectivity index (χ1) is 13.1. The number of nitrogens with one attached hydrogen (secondary N) is 1. The maximum atomic E-state index is 12.4. The number of ether oxygens (including phenoxy) is 3. The van der Waals surface area contributed by atoms with Gasteiger partial charge in [0.05, 0.1) is 26.5 Å². The lowest BCUT2D eigenvalue weighted by Gasteiger charge is -2.08. The number of thiazole rings is 1. The van der Waals surface area contributed by atoms with Gasteiger partial charge in [-0.2, -0.15) is 0 Å². The van der Waals surface area contributed by atoms with Gasteiger partial charge in [0, 0.05) is 23.6 Å². The number of benzene rings is 2. The second kappa shape index (κ2) is 8.66. The molecule has 7 heteroatoms. The van der Waals surface area contributed by atoms with Crippen molar-refractivity contribution < 1.29 is 19.0 Å². The Labute approximate surface area is 161 Å². The molecule has 1 amide bonds. The van der Waals surface area contributed by atoms with Gasteiger partial charge in [0.2, 0.25) is 0 Å². The summed E-state index contributed by atoms with van der Waals surface area (Å²) in [4.78, 5) is 16.9. The van der Waals surface area contributed by atoms with E-state index in [2.05, 4.69) is 10.3 Å². The molecule has 140 valence electrons. The second-order valence-corrected chi connectivity index (χ2v) is 6.55. The average Bonchev–Trinajstić information content (AvgIpc) is 3.16. The molecule has 6 nitrogen and oxygen atoms in total. The van der Waals surface area contributed by atoms with E-state index in [-0.39, 0.29) is 5.91 Å². The van der Waals surface area contributed by atoms with E-state index >= 15 is 0 Å². The SMILES string of the molecule is COCc1ccc(C(=O)Nc2nc(-c3ccc(OC)c(OC)c3)cs2)cc1.